The van der Waals surface area contributed by atoms with Gasteiger partial charge < -0.3 is 4.74 Å². The Morgan fingerprint density at radius 3 is 2.50 bits per heavy atom. The average Bonchev–Trinajstić information content (AvgIpc) is 2.39. The lowest BCUT2D eigenvalue weighted by atomic mass is 10.2. The molecule has 0 aliphatic carbocycles. The highest BCUT2D eigenvalue weighted by Gasteiger charge is 2.17. The number of nitrogens with one attached hydrogen (secondary N) is 1. The van der Waals surface area contributed by atoms with E-state index in [-0.39, 0.29) is 17.4 Å². The first-order valence-corrected chi connectivity index (χ1v) is 4.46. The molecule has 5 heteroatoms. The van der Waals surface area contributed by atoms with Gasteiger partial charge in [0.25, 0.3) is 0 Å². The summed E-state index contributed by atoms with van der Waals surface area (Å²) in [6.07, 6.45) is 0. The maximum atomic E-state index is 8.78. The van der Waals surface area contributed by atoms with E-state index in [0.717, 1.165) is 5.56 Å². The Morgan fingerprint density at radius 2 is 1.88 bits per heavy atom. The van der Waals surface area contributed by atoms with Crippen molar-refractivity contribution in [2.24, 2.45) is 5.10 Å². The van der Waals surface area contributed by atoms with Gasteiger partial charge in [0, 0.05) is 5.56 Å². The van der Waals surface area contributed by atoms with Gasteiger partial charge >= 0.3 is 0 Å². The number of hydrazone groups is 1. The lowest BCUT2D eigenvalue weighted by Gasteiger charge is -2.13. The Morgan fingerprint density at radius 1 is 1.12 bits per heavy atom. The maximum Gasteiger partial charge on any atom is 0.244 e. The predicted octanol–water partition coefficient (Wildman–Crippen LogP) is 1.23. The summed E-state index contributed by atoms with van der Waals surface area (Å²) in [5.74, 6) is 0.201. The van der Waals surface area contributed by atoms with Crippen LogP contribution < -0.4 is 5.43 Å². The minimum absolute atomic E-state index is 0.0159. The molecule has 76 valence electrons. The Bertz CT molecular complexity index is 546. The van der Waals surface area contributed by atoms with E-state index in [0.29, 0.717) is 0 Å². The molecule has 0 atom stereocenters. The van der Waals surface area contributed by atoms with Crippen molar-refractivity contribution in [1.29, 1.82) is 10.5 Å². The van der Waals surface area contributed by atoms with Gasteiger partial charge in [-0.3, -0.25) is 5.43 Å². The third kappa shape index (κ3) is 1.70. The quantitative estimate of drug-likeness (QED) is 0.755. The third-order valence-corrected chi connectivity index (χ3v) is 1.93. The Labute approximate surface area is 91.9 Å². The second kappa shape index (κ2) is 4.16. The molecule has 5 nitrogen and oxygen atoms in total. The van der Waals surface area contributed by atoms with Crippen LogP contribution in [0.4, 0.5) is 0 Å². The van der Waals surface area contributed by atoms with Crippen LogP contribution in [0.3, 0.4) is 0 Å². The third-order valence-electron chi connectivity index (χ3n) is 1.93. The van der Waals surface area contributed by atoms with Gasteiger partial charge in [0.1, 0.15) is 12.1 Å². The standard InChI is InChI=1S/C11H6N4O/c12-6-9-10(7-13)16-11(15-14-9)8-4-2-1-3-5-8/h1-5,14H. The van der Waals surface area contributed by atoms with Crippen molar-refractivity contribution < 1.29 is 4.74 Å². The van der Waals surface area contributed by atoms with E-state index < -0.39 is 0 Å². The molecule has 0 saturated heterocycles. The molecular weight excluding hydrogens is 204 g/mol. The fraction of sp³-hybridized carbons (Fsp3) is 0. The molecule has 1 N–H and O–H groups in total. The molecule has 0 radical (unpaired) electrons. The zero-order valence-corrected chi connectivity index (χ0v) is 8.14. The van der Waals surface area contributed by atoms with Gasteiger partial charge in [-0.15, -0.1) is 5.10 Å². The van der Waals surface area contributed by atoms with Gasteiger partial charge in [-0.1, -0.05) is 18.2 Å². The van der Waals surface area contributed by atoms with E-state index in [4.69, 9.17) is 15.3 Å². The lowest BCUT2D eigenvalue weighted by molar-refractivity contribution is 0.411. The first kappa shape index (κ1) is 9.75. The van der Waals surface area contributed by atoms with Crippen LogP contribution in [0.15, 0.2) is 46.9 Å². The molecule has 0 bridgehead atoms. The van der Waals surface area contributed by atoms with Crippen molar-refractivity contribution in [3.05, 3.63) is 47.4 Å². The van der Waals surface area contributed by atoms with Gasteiger partial charge in [-0.05, 0) is 12.1 Å². The van der Waals surface area contributed by atoms with E-state index >= 15 is 0 Å². The van der Waals surface area contributed by atoms with E-state index in [9.17, 15) is 0 Å². The van der Waals surface area contributed by atoms with Crippen molar-refractivity contribution in [2.75, 3.05) is 0 Å². The first-order valence-electron chi connectivity index (χ1n) is 4.46. The van der Waals surface area contributed by atoms with Crippen LogP contribution in [0.25, 0.3) is 0 Å². The summed E-state index contributed by atoms with van der Waals surface area (Å²) < 4.78 is 5.21. The fourth-order valence-electron chi connectivity index (χ4n) is 1.19. The van der Waals surface area contributed by atoms with Gasteiger partial charge in [-0.2, -0.15) is 10.5 Å². The SMILES string of the molecule is N#CC1=C(C#N)OC(c2ccccc2)=NN1. The Hall–Kier alpha value is -2.79. The largest absolute Gasteiger partial charge is 0.423 e. The van der Waals surface area contributed by atoms with Gasteiger partial charge in [0.05, 0.1) is 0 Å². The summed E-state index contributed by atoms with van der Waals surface area (Å²) in [6, 6.07) is 12.7. The highest BCUT2D eigenvalue weighted by Crippen LogP contribution is 2.13. The molecule has 1 aromatic carbocycles. The van der Waals surface area contributed by atoms with E-state index in [1.54, 1.807) is 24.3 Å². The highest BCUT2D eigenvalue weighted by molar-refractivity contribution is 5.95. The summed E-state index contributed by atoms with van der Waals surface area (Å²) in [4.78, 5) is 0. The monoisotopic (exact) mass is 210 g/mol. The number of ether oxygens (including phenoxy) is 1. The number of allylic oxidation sites excluding steroid dienone is 2. The molecule has 1 aromatic rings. The summed E-state index contributed by atoms with van der Waals surface area (Å²) in [7, 11) is 0. The Kier molecular flexibility index (Phi) is 2.53. The van der Waals surface area contributed by atoms with E-state index in [2.05, 4.69) is 10.5 Å². The minimum Gasteiger partial charge on any atom is -0.423 e. The van der Waals surface area contributed by atoms with Crippen molar-refractivity contribution in [3.8, 4) is 12.1 Å². The molecule has 0 amide bonds. The Balaban J connectivity index is 2.29. The number of rotatable bonds is 1. The molecule has 0 unspecified atom stereocenters. The summed E-state index contributed by atoms with van der Waals surface area (Å²) in [5, 5.41) is 21.3. The zero-order chi connectivity index (χ0) is 11.4. The number of nitriles is 2. The average molecular weight is 210 g/mol. The van der Waals surface area contributed by atoms with Crippen LogP contribution in [0.2, 0.25) is 0 Å². The summed E-state index contributed by atoms with van der Waals surface area (Å²) in [5.41, 5.74) is 3.23. The topological polar surface area (TPSA) is 81.2 Å². The number of hydrogen-bond donors (Lipinski definition) is 1. The molecule has 16 heavy (non-hydrogen) atoms. The van der Waals surface area contributed by atoms with Gasteiger partial charge in [0.15, 0.2) is 5.70 Å². The molecule has 0 spiro atoms. The lowest BCUT2D eigenvalue weighted by Crippen LogP contribution is -2.21. The molecule has 2 rings (SSSR count). The smallest absolute Gasteiger partial charge is 0.244 e. The van der Waals surface area contributed by atoms with Crippen molar-refractivity contribution >= 4 is 5.90 Å². The molecule has 1 heterocycles. The summed E-state index contributed by atoms with van der Waals surface area (Å²) in [6.45, 7) is 0. The van der Waals surface area contributed by atoms with Gasteiger partial charge in [0.2, 0.25) is 11.7 Å². The first-order chi connectivity index (χ1) is 7.85. The fourth-order valence-corrected chi connectivity index (χ4v) is 1.19. The van der Waals surface area contributed by atoms with E-state index in [1.807, 2.05) is 18.2 Å². The van der Waals surface area contributed by atoms with Crippen LogP contribution in [0.1, 0.15) is 5.56 Å². The molecule has 1 aliphatic rings. The van der Waals surface area contributed by atoms with Crippen LogP contribution in [0.5, 0.6) is 0 Å². The van der Waals surface area contributed by atoms with Crippen LogP contribution in [-0.4, -0.2) is 5.90 Å². The second-order valence-corrected chi connectivity index (χ2v) is 2.92. The molecular formula is C11H6N4O. The van der Waals surface area contributed by atoms with Crippen LogP contribution >= 0.6 is 0 Å². The van der Waals surface area contributed by atoms with Crippen LogP contribution in [-0.2, 0) is 4.74 Å². The van der Waals surface area contributed by atoms with Gasteiger partial charge in [-0.25, -0.2) is 0 Å². The normalized spacial score (nSPS) is 14.0. The number of nitrogens with zero attached hydrogens (tertiary/aromatic N) is 3. The maximum absolute atomic E-state index is 8.78. The molecule has 0 aromatic heterocycles. The van der Waals surface area contributed by atoms with Crippen molar-refractivity contribution in [3.63, 3.8) is 0 Å². The molecule has 0 fully saturated rings. The van der Waals surface area contributed by atoms with E-state index in [1.165, 1.54) is 0 Å². The van der Waals surface area contributed by atoms with Crippen LogP contribution in [0, 0.1) is 22.7 Å². The second-order valence-electron chi connectivity index (χ2n) is 2.92. The van der Waals surface area contributed by atoms with Crippen molar-refractivity contribution in [2.45, 2.75) is 0 Å². The predicted molar refractivity (Wildman–Crippen MR) is 55.5 cm³/mol. The zero-order valence-electron chi connectivity index (χ0n) is 8.14. The number of hydrogen-bond acceptors (Lipinski definition) is 5. The molecule has 0 saturated carbocycles. The highest BCUT2D eigenvalue weighted by atomic mass is 16.5. The van der Waals surface area contributed by atoms with Crippen molar-refractivity contribution in [1.82, 2.24) is 5.43 Å². The summed E-state index contributed by atoms with van der Waals surface area (Å²) >= 11 is 0. The minimum atomic E-state index is -0.0728. The molecule has 1 aliphatic heterocycles. The number of benzene rings is 1.